The number of aryl methyl sites for hydroxylation is 1. The lowest BCUT2D eigenvalue weighted by Crippen LogP contribution is -1.97. The summed E-state index contributed by atoms with van der Waals surface area (Å²) in [4.78, 5) is 0. The third-order valence-corrected chi connectivity index (χ3v) is 2.96. The molecule has 0 saturated carbocycles. The van der Waals surface area contributed by atoms with E-state index in [4.69, 9.17) is 4.74 Å². The van der Waals surface area contributed by atoms with Crippen molar-refractivity contribution in [2.75, 3.05) is 0 Å². The van der Waals surface area contributed by atoms with Gasteiger partial charge in [0.05, 0.1) is 12.2 Å². The Hall–Kier alpha value is -0.820. The highest BCUT2D eigenvalue weighted by atomic mass is 16.5. The highest BCUT2D eigenvalue weighted by molar-refractivity contribution is 5.39. The minimum atomic E-state index is 0.421. The van der Waals surface area contributed by atoms with Gasteiger partial charge in [0, 0.05) is 0 Å². The van der Waals surface area contributed by atoms with Crippen molar-refractivity contribution in [3.8, 4) is 0 Å². The van der Waals surface area contributed by atoms with Crippen molar-refractivity contribution in [2.24, 2.45) is 0 Å². The molecule has 1 nitrogen and oxygen atoms in total. The molecule has 2 unspecified atom stereocenters. The molecular formula is C11H12O. The van der Waals surface area contributed by atoms with Crippen LogP contribution < -0.4 is 0 Å². The summed E-state index contributed by atoms with van der Waals surface area (Å²) >= 11 is 0. The van der Waals surface area contributed by atoms with Crippen LogP contribution in [-0.4, -0.2) is 0 Å². The van der Waals surface area contributed by atoms with Gasteiger partial charge in [-0.2, -0.15) is 0 Å². The van der Waals surface area contributed by atoms with Crippen LogP contribution in [-0.2, 0) is 4.74 Å². The van der Waals surface area contributed by atoms with Gasteiger partial charge in [0.2, 0.25) is 0 Å². The maximum absolute atomic E-state index is 5.80. The van der Waals surface area contributed by atoms with Crippen molar-refractivity contribution >= 4 is 0 Å². The summed E-state index contributed by atoms with van der Waals surface area (Å²) in [6, 6.07) is 6.69. The predicted octanol–water partition coefficient (Wildman–Crippen LogP) is 2.90. The number of ether oxygens (including phenoxy) is 1. The lowest BCUT2D eigenvalue weighted by atomic mass is 9.91. The Kier molecular flexibility index (Phi) is 1.17. The molecule has 0 radical (unpaired) electrons. The standard InChI is InChI=1S/C11H12O/c1-7-2-3-8-9(6-7)11-5-4-10(8)12-11/h2-3,6,10-11H,4-5H2,1H3. The zero-order valence-corrected chi connectivity index (χ0v) is 7.21. The second kappa shape index (κ2) is 2.11. The molecule has 2 atom stereocenters. The molecular weight excluding hydrogens is 148 g/mol. The van der Waals surface area contributed by atoms with Gasteiger partial charge in [0.1, 0.15) is 0 Å². The Bertz CT molecular complexity index is 330. The Labute approximate surface area is 72.4 Å². The average molecular weight is 160 g/mol. The van der Waals surface area contributed by atoms with E-state index in [1.807, 2.05) is 0 Å². The van der Waals surface area contributed by atoms with E-state index in [1.165, 1.54) is 29.5 Å². The molecule has 0 aromatic heterocycles. The van der Waals surface area contributed by atoms with Crippen molar-refractivity contribution in [3.63, 3.8) is 0 Å². The molecule has 12 heavy (non-hydrogen) atoms. The number of hydrogen-bond donors (Lipinski definition) is 0. The third kappa shape index (κ3) is 0.721. The van der Waals surface area contributed by atoms with Crippen LogP contribution in [0.2, 0.25) is 0 Å². The fourth-order valence-electron chi connectivity index (χ4n) is 2.36. The van der Waals surface area contributed by atoms with E-state index >= 15 is 0 Å². The van der Waals surface area contributed by atoms with E-state index in [9.17, 15) is 0 Å². The first-order valence-corrected chi connectivity index (χ1v) is 4.60. The van der Waals surface area contributed by atoms with Gasteiger partial charge >= 0.3 is 0 Å². The van der Waals surface area contributed by atoms with Crippen molar-refractivity contribution in [1.82, 2.24) is 0 Å². The molecule has 2 heterocycles. The Morgan fingerprint density at radius 1 is 1.17 bits per heavy atom. The molecule has 1 aromatic carbocycles. The zero-order valence-electron chi connectivity index (χ0n) is 7.21. The van der Waals surface area contributed by atoms with Crippen molar-refractivity contribution in [2.45, 2.75) is 32.0 Å². The van der Waals surface area contributed by atoms with Crippen LogP contribution in [0, 0.1) is 6.92 Å². The number of benzene rings is 1. The molecule has 0 spiro atoms. The first-order chi connectivity index (χ1) is 5.84. The van der Waals surface area contributed by atoms with Crippen molar-refractivity contribution < 1.29 is 4.74 Å². The molecule has 0 amide bonds. The Morgan fingerprint density at radius 3 is 2.75 bits per heavy atom. The van der Waals surface area contributed by atoms with E-state index < -0.39 is 0 Å². The summed E-state index contributed by atoms with van der Waals surface area (Å²) in [6.07, 6.45) is 3.29. The van der Waals surface area contributed by atoms with Crippen LogP contribution in [0.3, 0.4) is 0 Å². The Balaban J connectivity index is 2.20. The average Bonchev–Trinajstić information content (AvgIpc) is 2.63. The monoisotopic (exact) mass is 160 g/mol. The van der Waals surface area contributed by atoms with Gasteiger partial charge in [-0.1, -0.05) is 23.8 Å². The summed E-state index contributed by atoms with van der Waals surface area (Å²) < 4.78 is 5.80. The molecule has 2 bridgehead atoms. The second-order valence-electron chi connectivity index (χ2n) is 3.82. The summed E-state index contributed by atoms with van der Waals surface area (Å²) in [5, 5.41) is 0. The lowest BCUT2D eigenvalue weighted by molar-refractivity contribution is 0.0716. The number of rotatable bonds is 0. The van der Waals surface area contributed by atoms with Gasteiger partial charge in [-0.05, 0) is 30.9 Å². The maximum Gasteiger partial charge on any atom is 0.0838 e. The Morgan fingerprint density at radius 2 is 1.92 bits per heavy atom. The van der Waals surface area contributed by atoms with Crippen LogP contribution in [0.1, 0.15) is 41.7 Å². The van der Waals surface area contributed by atoms with Crippen LogP contribution in [0.15, 0.2) is 18.2 Å². The maximum atomic E-state index is 5.80. The molecule has 2 aliphatic heterocycles. The van der Waals surface area contributed by atoms with Gasteiger partial charge < -0.3 is 4.74 Å². The first-order valence-electron chi connectivity index (χ1n) is 4.60. The highest BCUT2D eigenvalue weighted by Crippen LogP contribution is 2.50. The smallest absolute Gasteiger partial charge is 0.0838 e. The van der Waals surface area contributed by atoms with E-state index in [0.29, 0.717) is 12.2 Å². The van der Waals surface area contributed by atoms with E-state index in [-0.39, 0.29) is 0 Å². The molecule has 1 heteroatoms. The van der Waals surface area contributed by atoms with Crippen LogP contribution in [0.25, 0.3) is 0 Å². The third-order valence-electron chi connectivity index (χ3n) is 2.96. The van der Waals surface area contributed by atoms with E-state index in [1.54, 1.807) is 0 Å². The largest absolute Gasteiger partial charge is 0.366 e. The van der Waals surface area contributed by atoms with Gasteiger partial charge in [0.25, 0.3) is 0 Å². The molecule has 1 fully saturated rings. The molecule has 62 valence electrons. The fraction of sp³-hybridized carbons (Fsp3) is 0.455. The molecule has 0 N–H and O–H groups in total. The predicted molar refractivity (Wildman–Crippen MR) is 47.0 cm³/mol. The molecule has 1 aromatic rings. The van der Waals surface area contributed by atoms with Gasteiger partial charge in [-0.15, -0.1) is 0 Å². The minimum absolute atomic E-state index is 0.421. The zero-order chi connectivity index (χ0) is 8.13. The highest BCUT2D eigenvalue weighted by Gasteiger charge is 2.37. The summed E-state index contributed by atoms with van der Waals surface area (Å²) in [5.74, 6) is 0. The number of hydrogen-bond acceptors (Lipinski definition) is 1. The molecule has 0 aliphatic carbocycles. The summed E-state index contributed by atoms with van der Waals surface area (Å²) in [7, 11) is 0. The van der Waals surface area contributed by atoms with Crippen molar-refractivity contribution in [1.29, 1.82) is 0 Å². The molecule has 2 aliphatic rings. The minimum Gasteiger partial charge on any atom is -0.366 e. The lowest BCUT2D eigenvalue weighted by Gasteiger charge is -2.11. The quantitative estimate of drug-likeness (QED) is 0.567. The summed E-state index contributed by atoms with van der Waals surface area (Å²) in [6.45, 7) is 2.15. The van der Waals surface area contributed by atoms with Crippen LogP contribution >= 0.6 is 0 Å². The van der Waals surface area contributed by atoms with Gasteiger partial charge in [-0.25, -0.2) is 0 Å². The van der Waals surface area contributed by atoms with E-state index in [2.05, 4.69) is 25.1 Å². The topological polar surface area (TPSA) is 9.23 Å². The first kappa shape index (κ1) is 6.67. The second-order valence-corrected chi connectivity index (χ2v) is 3.82. The summed E-state index contributed by atoms with van der Waals surface area (Å²) in [5.41, 5.74) is 4.24. The normalized spacial score (nSPS) is 30.8. The molecule has 3 rings (SSSR count). The van der Waals surface area contributed by atoms with Crippen molar-refractivity contribution in [3.05, 3.63) is 34.9 Å². The van der Waals surface area contributed by atoms with Gasteiger partial charge in [0.15, 0.2) is 0 Å². The van der Waals surface area contributed by atoms with Crippen LogP contribution in [0.5, 0.6) is 0 Å². The SMILES string of the molecule is Cc1ccc2c(c1)C1CCC2O1. The van der Waals surface area contributed by atoms with E-state index in [0.717, 1.165) is 0 Å². The number of fused-ring (bicyclic) bond motifs is 5. The molecule has 1 saturated heterocycles. The van der Waals surface area contributed by atoms with Crippen LogP contribution in [0.4, 0.5) is 0 Å². The fourth-order valence-corrected chi connectivity index (χ4v) is 2.36. The van der Waals surface area contributed by atoms with Gasteiger partial charge in [-0.3, -0.25) is 0 Å².